The van der Waals surface area contributed by atoms with E-state index in [9.17, 15) is 9.18 Å². The van der Waals surface area contributed by atoms with Gasteiger partial charge in [0.15, 0.2) is 5.82 Å². The minimum atomic E-state index is -0.658. The van der Waals surface area contributed by atoms with Crippen LogP contribution in [0.4, 0.5) is 4.39 Å². The summed E-state index contributed by atoms with van der Waals surface area (Å²) in [4.78, 5) is 24.2. The average Bonchev–Trinajstić information content (AvgIpc) is 3.35. The number of hydrogen-bond acceptors (Lipinski definition) is 4. The number of alkyl halides is 1. The summed E-state index contributed by atoms with van der Waals surface area (Å²) in [6.45, 7) is 2.07. The maximum Gasteiger partial charge on any atom is 0.254 e. The molecular formula is C32H36FN7O. The number of aromatic nitrogens is 5. The molecule has 1 aliphatic carbocycles. The Morgan fingerprint density at radius 1 is 1.20 bits per heavy atom. The fourth-order valence-corrected chi connectivity index (χ4v) is 6.36. The summed E-state index contributed by atoms with van der Waals surface area (Å²) in [5, 5.41) is 1.24. The van der Waals surface area contributed by atoms with Gasteiger partial charge in [-0.2, -0.15) is 0 Å². The number of hydrogen-bond donors (Lipinski definition) is 1. The monoisotopic (exact) mass is 553 g/mol. The maximum atomic E-state index is 13.3. The maximum absolute atomic E-state index is 13.3. The van der Waals surface area contributed by atoms with Gasteiger partial charge in [-0.25, -0.2) is 14.4 Å². The van der Waals surface area contributed by atoms with E-state index in [0.717, 1.165) is 60.5 Å². The summed E-state index contributed by atoms with van der Waals surface area (Å²) >= 11 is 0. The third-order valence-electron chi connectivity index (χ3n) is 8.72. The molecule has 1 atom stereocenters. The van der Waals surface area contributed by atoms with Crippen molar-refractivity contribution in [1.82, 2.24) is 28.6 Å². The lowest BCUT2D eigenvalue weighted by atomic mass is 9.97. The molecule has 0 bridgehead atoms. The van der Waals surface area contributed by atoms with Gasteiger partial charge in [0.2, 0.25) is 0 Å². The van der Waals surface area contributed by atoms with Crippen LogP contribution in [0.15, 0.2) is 55.1 Å². The molecule has 1 aliphatic heterocycles. The molecule has 0 saturated heterocycles. The predicted octanol–water partition coefficient (Wildman–Crippen LogP) is 4.73. The second-order valence-corrected chi connectivity index (χ2v) is 11.8. The first-order valence-corrected chi connectivity index (χ1v) is 14.7. The highest BCUT2D eigenvalue weighted by atomic mass is 19.1. The number of halogens is 1. The van der Waals surface area contributed by atoms with Gasteiger partial charge in [0, 0.05) is 56.6 Å². The number of nitrogens with zero attached hydrogens (tertiary/aromatic N) is 6. The number of benzene rings is 2. The van der Waals surface area contributed by atoms with Crippen LogP contribution in [-0.2, 0) is 33.0 Å². The van der Waals surface area contributed by atoms with Crippen LogP contribution in [0, 0.1) is 5.92 Å². The van der Waals surface area contributed by atoms with Crippen LogP contribution in [0.1, 0.15) is 40.7 Å². The number of amides is 1. The summed E-state index contributed by atoms with van der Waals surface area (Å²) in [5.41, 5.74) is 13.1. The highest BCUT2D eigenvalue weighted by Crippen LogP contribution is 2.38. The van der Waals surface area contributed by atoms with E-state index in [1.165, 1.54) is 29.3 Å². The van der Waals surface area contributed by atoms with Gasteiger partial charge in [-0.1, -0.05) is 18.2 Å². The second kappa shape index (κ2) is 10.4. The average molecular weight is 554 g/mol. The lowest BCUT2D eigenvalue weighted by molar-refractivity contribution is 0.0725. The molecule has 8 nitrogen and oxygen atoms in total. The summed E-state index contributed by atoms with van der Waals surface area (Å²) < 4.78 is 19.8. The zero-order chi connectivity index (χ0) is 28.1. The first-order chi connectivity index (χ1) is 20.0. The number of fused-ring (bicyclic) bond motifs is 3. The van der Waals surface area contributed by atoms with Crippen molar-refractivity contribution >= 4 is 27.8 Å². The zero-order valence-corrected chi connectivity index (χ0v) is 23.5. The van der Waals surface area contributed by atoms with Crippen molar-refractivity contribution < 1.29 is 9.18 Å². The molecule has 2 aliphatic rings. The Morgan fingerprint density at radius 3 is 2.85 bits per heavy atom. The molecule has 7 rings (SSSR count). The van der Waals surface area contributed by atoms with Crippen molar-refractivity contribution in [3.8, 4) is 11.5 Å². The highest BCUT2D eigenvalue weighted by Gasteiger charge is 2.29. The van der Waals surface area contributed by atoms with Crippen molar-refractivity contribution in [2.45, 2.75) is 51.2 Å². The number of rotatable bonds is 10. The van der Waals surface area contributed by atoms with Crippen LogP contribution in [0.5, 0.6) is 0 Å². The molecule has 1 amide bonds. The van der Waals surface area contributed by atoms with Crippen LogP contribution in [0.3, 0.4) is 0 Å². The second-order valence-electron chi connectivity index (χ2n) is 11.8. The summed E-state index contributed by atoms with van der Waals surface area (Å²) in [6.07, 6.45) is 11.0. The number of aryl methyl sites for hydroxylation is 3. The zero-order valence-electron chi connectivity index (χ0n) is 23.5. The Bertz CT molecular complexity index is 1730. The minimum Gasteiger partial charge on any atom is -0.337 e. The van der Waals surface area contributed by atoms with Crippen molar-refractivity contribution in [2.24, 2.45) is 18.7 Å². The molecular weight excluding hydrogens is 517 g/mol. The van der Waals surface area contributed by atoms with Gasteiger partial charge < -0.3 is 24.3 Å². The molecule has 2 N–H and O–H groups in total. The van der Waals surface area contributed by atoms with Gasteiger partial charge in [0.05, 0.1) is 34.6 Å². The third kappa shape index (κ3) is 4.82. The van der Waals surface area contributed by atoms with Crippen molar-refractivity contribution in [3.05, 3.63) is 71.8 Å². The Morgan fingerprint density at radius 2 is 2.07 bits per heavy atom. The molecule has 0 radical (unpaired) electrons. The molecule has 9 heteroatoms. The van der Waals surface area contributed by atoms with E-state index in [4.69, 9.17) is 10.7 Å². The summed E-state index contributed by atoms with van der Waals surface area (Å²) in [5.74, 6) is 1.52. The van der Waals surface area contributed by atoms with Gasteiger partial charge >= 0.3 is 0 Å². The molecule has 1 fully saturated rings. The third-order valence-corrected chi connectivity index (χ3v) is 8.72. The number of nitrogens with two attached hydrogens (primary N) is 1. The van der Waals surface area contributed by atoms with Gasteiger partial charge in [0.1, 0.15) is 6.67 Å². The van der Waals surface area contributed by atoms with E-state index in [0.29, 0.717) is 18.0 Å². The number of carbonyl (C=O) groups excluding carboxylic acids is 1. The number of para-hydroxylation sites is 1. The standard InChI is InChI=1S/C32H36FN7O/c1-37-28-14-23-9-12-39(19-25(34)17-33)32(41)26(23)16-27(28)36-31(37)29-15-24-5-2-4-22(6-3-11-38-13-10-35-20-38)30(24)40(29)18-21-7-8-21/h2,4-5,10,13-16,20-21,25H,3,6-9,11-12,17-19,34H2,1H3/t25-/m1/s1. The van der Waals surface area contributed by atoms with E-state index in [-0.39, 0.29) is 12.5 Å². The molecule has 0 unspecified atom stereocenters. The number of imidazole rings is 2. The fourth-order valence-electron chi connectivity index (χ4n) is 6.36. The van der Waals surface area contributed by atoms with E-state index in [2.05, 4.69) is 56.1 Å². The predicted molar refractivity (Wildman–Crippen MR) is 158 cm³/mol. The first-order valence-electron chi connectivity index (χ1n) is 14.7. The van der Waals surface area contributed by atoms with Crippen LogP contribution < -0.4 is 5.73 Å². The van der Waals surface area contributed by atoms with Crippen LogP contribution in [-0.4, -0.2) is 60.3 Å². The van der Waals surface area contributed by atoms with E-state index in [1.54, 1.807) is 4.90 Å². The molecule has 1 saturated carbocycles. The molecule has 41 heavy (non-hydrogen) atoms. The largest absolute Gasteiger partial charge is 0.337 e. The van der Waals surface area contributed by atoms with Gasteiger partial charge in [0.25, 0.3) is 5.91 Å². The normalized spacial score (nSPS) is 16.2. The van der Waals surface area contributed by atoms with E-state index >= 15 is 0 Å². The molecule has 3 aromatic heterocycles. The Labute approximate surface area is 238 Å². The molecule has 5 aromatic rings. The number of carbonyl (C=O) groups is 1. The van der Waals surface area contributed by atoms with E-state index < -0.39 is 12.7 Å². The molecule has 212 valence electrons. The van der Waals surface area contributed by atoms with Gasteiger partial charge in [-0.05, 0) is 67.3 Å². The van der Waals surface area contributed by atoms with E-state index in [1.807, 2.05) is 24.8 Å². The van der Waals surface area contributed by atoms with Crippen LogP contribution in [0.2, 0.25) is 0 Å². The minimum absolute atomic E-state index is 0.0903. The smallest absolute Gasteiger partial charge is 0.254 e. The highest BCUT2D eigenvalue weighted by molar-refractivity contribution is 6.00. The SMILES string of the molecule is Cn1c(-c2cc3cccc(CCCn4ccnc4)c3n2CC2CC2)nc2cc3c(cc21)CCN(C[C@H](N)CF)C3=O. The molecule has 4 heterocycles. The van der Waals surface area contributed by atoms with Crippen molar-refractivity contribution in [2.75, 3.05) is 19.8 Å². The summed E-state index contributed by atoms with van der Waals surface area (Å²) in [7, 11) is 2.07. The Kier molecular flexibility index (Phi) is 6.61. The fraction of sp³-hybridized carbons (Fsp3) is 0.406. The lowest BCUT2D eigenvalue weighted by Crippen LogP contribution is -2.45. The van der Waals surface area contributed by atoms with Crippen molar-refractivity contribution in [1.29, 1.82) is 0 Å². The van der Waals surface area contributed by atoms with Crippen molar-refractivity contribution in [3.63, 3.8) is 0 Å². The van der Waals surface area contributed by atoms with Crippen LogP contribution >= 0.6 is 0 Å². The lowest BCUT2D eigenvalue weighted by Gasteiger charge is -2.30. The molecule has 0 spiro atoms. The quantitative estimate of drug-likeness (QED) is 0.271. The molecule has 2 aromatic carbocycles. The Hall–Kier alpha value is -3.98. The van der Waals surface area contributed by atoms with Gasteiger partial charge in [-0.15, -0.1) is 0 Å². The van der Waals surface area contributed by atoms with Crippen LogP contribution in [0.25, 0.3) is 33.5 Å². The Balaban J connectivity index is 1.27. The van der Waals surface area contributed by atoms with Gasteiger partial charge in [-0.3, -0.25) is 4.79 Å². The topological polar surface area (TPSA) is 86.9 Å². The summed E-state index contributed by atoms with van der Waals surface area (Å²) in [6, 6.07) is 12.3. The first kappa shape index (κ1) is 26.0.